The van der Waals surface area contributed by atoms with E-state index in [1.54, 1.807) is 0 Å². The molecule has 0 aromatic rings. The van der Waals surface area contributed by atoms with Crippen LogP contribution in [0.1, 0.15) is 53.4 Å². The Balaban J connectivity index is 1.97. The van der Waals surface area contributed by atoms with Crippen LogP contribution in [0.25, 0.3) is 0 Å². The van der Waals surface area contributed by atoms with Gasteiger partial charge in [-0.2, -0.15) is 0 Å². The lowest BCUT2D eigenvalue weighted by molar-refractivity contribution is 0.154. The fourth-order valence-corrected chi connectivity index (χ4v) is 4.48. The quantitative estimate of drug-likeness (QED) is 0.827. The SMILES string of the molecule is CNC1C(CN2CCCC2C(C)C)CCC1(C)C. The molecule has 2 fully saturated rings. The highest BCUT2D eigenvalue weighted by atomic mass is 15.2. The zero-order valence-corrected chi connectivity index (χ0v) is 13.0. The first kappa shape index (κ1) is 14.3. The topological polar surface area (TPSA) is 15.3 Å². The summed E-state index contributed by atoms with van der Waals surface area (Å²) in [5, 5.41) is 3.60. The summed E-state index contributed by atoms with van der Waals surface area (Å²) in [6.45, 7) is 12.3. The third-order valence-corrected chi connectivity index (χ3v) is 5.44. The molecule has 2 heteroatoms. The summed E-state index contributed by atoms with van der Waals surface area (Å²) in [4.78, 5) is 2.78. The second kappa shape index (κ2) is 5.50. The van der Waals surface area contributed by atoms with Crippen molar-refractivity contribution in [1.29, 1.82) is 0 Å². The van der Waals surface area contributed by atoms with Gasteiger partial charge < -0.3 is 5.32 Å². The lowest BCUT2D eigenvalue weighted by Crippen LogP contribution is -2.45. The van der Waals surface area contributed by atoms with Crippen molar-refractivity contribution in [2.75, 3.05) is 20.1 Å². The zero-order valence-electron chi connectivity index (χ0n) is 13.0. The molecule has 2 rings (SSSR count). The van der Waals surface area contributed by atoms with Gasteiger partial charge in [-0.05, 0) is 56.5 Å². The predicted molar refractivity (Wildman–Crippen MR) is 78.8 cm³/mol. The van der Waals surface area contributed by atoms with Gasteiger partial charge >= 0.3 is 0 Å². The molecule has 1 saturated carbocycles. The van der Waals surface area contributed by atoms with E-state index in [0.717, 1.165) is 17.9 Å². The van der Waals surface area contributed by atoms with Gasteiger partial charge in [0, 0.05) is 18.6 Å². The Morgan fingerprint density at radius 3 is 2.61 bits per heavy atom. The van der Waals surface area contributed by atoms with E-state index in [9.17, 15) is 0 Å². The van der Waals surface area contributed by atoms with Crippen molar-refractivity contribution in [3.63, 3.8) is 0 Å². The third-order valence-electron chi connectivity index (χ3n) is 5.44. The van der Waals surface area contributed by atoms with Gasteiger partial charge in [0.25, 0.3) is 0 Å². The van der Waals surface area contributed by atoms with Crippen LogP contribution in [0.5, 0.6) is 0 Å². The minimum Gasteiger partial charge on any atom is -0.316 e. The van der Waals surface area contributed by atoms with Crippen LogP contribution < -0.4 is 5.32 Å². The summed E-state index contributed by atoms with van der Waals surface area (Å²) in [5.74, 6) is 1.67. The van der Waals surface area contributed by atoms with Gasteiger partial charge in [-0.25, -0.2) is 0 Å². The number of hydrogen-bond donors (Lipinski definition) is 1. The predicted octanol–water partition coefficient (Wildman–Crippen LogP) is 3.13. The maximum atomic E-state index is 3.60. The van der Waals surface area contributed by atoms with Crippen LogP contribution >= 0.6 is 0 Å². The number of nitrogens with one attached hydrogen (secondary N) is 1. The minimum atomic E-state index is 0.479. The Hall–Kier alpha value is -0.0800. The standard InChI is InChI=1S/C16H32N2/c1-12(2)14-7-6-10-18(14)11-13-8-9-16(3,4)15(13)17-5/h12-15,17H,6-11H2,1-5H3. The molecule has 0 aromatic heterocycles. The first-order valence-electron chi connectivity index (χ1n) is 7.87. The molecule has 2 aliphatic rings. The average Bonchev–Trinajstić information content (AvgIpc) is 2.84. The van der Waals surface area contributed by atoms with Crippen LogP contribution in [0, 0.1) is 17.3 Å². The molecule has 2 nitrogen and oxygen atoms in total. The second-order valence-electron chi connectivity index (χ2n) is 7.50. The molecule has 1 heterocycles. The van der Waals surface area contributed by atoms with Crippen molar-refractivity contribution in [1.82, 2.24) is 10.2 Å². The van der Waals surface area contributed by atoms with Gasteiger partial charge in [0.2, 0.25) is 0 Å². The molecule has 1 aliphatic heterocycles. The van der Waals surface area contributed by atoms with Gasteiger partial charge in [0.05, 0.1) is 0 Å². The van der Waals surface area contributed by atoms with E-state index >= 15 is 0 Å². The third kappa shape index (κ3) is 2.75. The molecule has 0 radical (unpaired) electrons. The summed E-state index contributed by atoms with van der Waals surface area (Å²) in [7, 11) is 2.15. The summed E-state index contributed by atoms with van der Waals surface area (Å²) in [6.07, 6.45) is 5.60. The average molecular weight is 252 g/mol. The summed E-state index contributed by atoms with van der Waals surface area (Å²) >= 11 is 0. The highest BCUT2D eigenvalue weighted by molar-refractivity contribution is 4.97. The van der Waals surface area contributed by atoms with E-state index in [-0.39, 0.29) is 0 Å². The minimum absolute atomic E-state index is 0.479. The summed E-state index contributed by atoms with van der Waals surface area (Å²) < 4.78 is 0. The van der Waals surface area contributed by atoms with Crippen molar-refractivity contribution in [3.05, 3.63) is 0 Å². The van der Waals surface area contributed by atoms with Gasteiger partial charge in [-0.15, -0.1) is 0 Å². The Bertz CT molecular complexity index is 272. The Kier molecular flexibility index (Phi) is 4.38. The smallest absolute Gasteiger partial charge is 0.0156 e. The fraction of sp³-hybridized carbons (Fsp3) is 1.00. The van der Waals surface area contributed by atoms with Crippen LogP contribution in [0.4, 0.5) is 0 Å². The molecule has 0 bridgehead atoms. The molecule has 1 aliphatic carbocycles. The van der Waals surface area contributed by atoms with E-state index in [2.05, 4.69) is 45.0 Å². The monoisotopic (exact) mass is 252 g/mol. The number of nitrogens with zero attached hydrogens (tertiary/aromatic N) is 1. The molecule has 106 valence electrons. The van der Waals surface area contributed by atoms with Crippen molar-refractivity contribution in [3.8, 4) is 0 Å². The van der Waals surface area contributed by atoms with Gasteiger partial charge in [0.1, 0.15) is 0 Å². The lowest BCUT2D eigenvalue weighted by Gasteiger charge is -2.35. The van der Waals surface area contributed by atoms with Gasteiger partial charge in [0.15, 0.2) is 0 Å². The number of hydrogen-bond acceptors (Lipinski definition) is 2. The van der Waals surface area contributed by atoms with E-state index in [1.165, 1.54) is 38.8 Å². The van der Waals surface area contributed by atoms with Crippen LogP contribution in [0.15, 0.2) is 0 Å². The highest BCUT2D eigenvalue weighted by Gasteiger charge is 2.42. The van der Waals surface area contributed by atoms with Crippen LogP contribution in [0.3, 0.4) is 0 Å². The van der Waals surface area contributed by atoms with E-state index < -0.39 is 0 Å². The van der Waals surface area contributed by atoms with Gasteiger partial charge in [-0.1, -0.05) is 27.7 Å². The molecular weight excluding hydrogens is 220 g/mol. The molecule has 0 spiro atoms. The summed E-state index contributed by atoms with van der Waals surface area (Å²) in [6, 6.07) is 1.54. The molecule has 1 N–H and O–H groups in total. The second-order valence-corrected chi connectivity index (χ2v) is 7.50. The van der Waals surface area contributed by atoms with E-state index in [1.807, 2.05) is 0 Å². The molecule has 0 aromatic carbocycles. The van der Waals surface area contributed by atoms with E-state index in [4.69, 9.17) is 0 Å². The molecule has 1 saturated heterocycles. The molecule has 18 heavy (non-hydrogen) atoms. The van der Waals surface area contributed by atoms with Crippen molar-refractivity contribution >= 4 is 0 Å². The first-order valence-corrected chi connectivity index (χ1v) is 7.87. The molecular formula is C16H32N2. The molecule has 3 atom stereocenters. The van der Waals surface area contributed by atoms with Crippen LogP contribution in [-0.4, -0.2) is 37.1 Å². The highest BCUT2D eigenvalue weighted by Crippen LogP contribution is 2.42. The van der Waals surface area contributed by atoms with Crippen LogP contribution in [-0.2, 0) is 0 Å². The molecule has 3 unspecified atom stereocenters. The maximum absolute atomic E-state index is 3.60. The van der Waals surface area contributed by atoms with Crippen molar-refractivity contribution in [2.45, 2.75) is 65.5 Å². The first-order chi connectivity index (χ1) is 8.45. The van der Waals surface area contributed by atoms with Crippen LogP contribution in [0.2, 0.25) is 0 Å². The normalized spacial score (nSPS) is 36.7. The lowest BCUT2D eigenvalue weighted by atomic mass is 9.84. The van der Waals surface area contributed by atoms with Crippen molar-refractivity contribution in [2.24, 2.45) is 17.3 Å². The molecule has 0 amide bonds. The number of likely N-dealkylation sites (tertiary alicyclic amines) is 1. The maximum Gasteiger partial charge on any atom is 0.0156 e. The van der Waals surface area contributed by atoms with Gasteiger partial charge in [-0.3, -0.25) is 4.90 Å². The summed E-state index contributed by atoms with van der Waals surface area (Å²) in [5.41, 5.74) is 0.479. The zero-order chi connectivity index (χ0) is 13.3. The van der Waals surface area contributed by atoms with Crippen molar-refractivity contribution < 1.29 is 0 Å². The Morgan fingerprint density at radius 1 is 1.28 bits per heavy atom. The fourth-order valence-electron chi connectivity index (χ4n) is 4.48. The Labute approximate surface area is 114 Å². The Morgan fingerprint density at radius 2 is 2.00 bits per heavy atom. The number of rotatable bonds is 4. The van der Waals surface area contributed by atoms with E-state index in [0.29, 0.717) is 11.5 Å². The largest absolute Gasteiger partial charge is 0.316 e.